The molecule has 1 amide bonds. The van der Waals surface area contributed by atoms with Gasteiger partial charge in [0.1, 0.15) is 0 Å². The largest absolute Gasteiger partial charge is 0.392 e. The van der Waals surface area contributed by atoms with Gasteiger partial charge in [-0.1, -0.05) is 0 Å². The smallest absolute Gasteiger partial charge is 0.239 e. The molecule has 0 aromatic heterocycles. The topological polar surface area (TPSA) is 61.8 Å². The molecule has 0 bridgehead atoms. The van der Waals surface area contributed by atoms with E-state index in [1.807, 2.05) is 4.90 Å². The summed E-state index contributed by atoms with van der Waals surface area (Å²) < 4.78 is 5.27. The van der Waals surface area contributed by atoms with E-state index in [0.717, 1.165) is 25.9 Å². The number of piperidine rings is 1. The first-order valence-electron chi connectivity index (χ1n) is 5.93. The minimum atomic E-state index is -0.370. The third-order valence-electron chi connectivity index (χ3n) is 3.49. The van der Waals surface area contributed by atoms with Crippen molar-refractivity contribution < 1.29 is 14.6 Å². The molecule has 2 N–H and O–H groups in total. The van der Waals surface area contributed by atoms with Crippen LogP contribution in [-0.2, 0) is 9.53 Å². The third-order valence-corrected chi connectivity index (χ3v) is 3.49. The van der Waals surface area contributed by atoms with Crippen LogP contribution in [0.25, 0.3) is 0 Å². The van der Waals surface area contributed by atoms with Gasteiger partial charge in [-0.05, 0) is 19.3 Å². The molecular weight excluding hydrogens is 208 g/mol. The van der Waals surface area contributed by atoms with Crippen LogP contribution in [0, 0.1) is 0 Å². The number of hydrogen-bond donors (Lipinski definition) is 2. The third kappa shape index (κ3) is 2.53. The van der Waals surface area contributed by atoms with E-state index >= 15 is 0 Å². The molecule has 5 heteroatoms. The number of carbonyl (C=O) groups is 1. The molecular formula is C11H20N2O3. The Morgan fingerprint density at radius 2 is 2.12 bits per heavy atom. The first-order chi connectivity index (χ1) is 7.70. The second kappa shape index (κ2) is 5.12. The van der Waals surface area contributed by atoms with Crippen LogP contribution in [0.4, 0.5) is 0 Å². The predicted octanol–water partition coefficient (Wildman–Crippen LogP) is -0.653. The summed E-state index contributed by atoms with van der Waals surface area (Å²) in [5.74, 6) is 0.131. The molecule has 2 heterocycles. The average Bonchev–Trinajstić information content (AvgIpc) is 2.75. The van der Waals surface area contributed by atoms with E-state index in [1.165, 1.54) is 0 Å². The number of hydrogen-bond acceptors (Lipinski definition) is 4. The van der Waals surface area contributed by atoms with Gasteiger partial charge in [0.05, 0.1) is 18.2 Å². The molecule has 16 heavy (non-hydrogen) atoms. The number of methoxy groups -OCH3 is 1. The average molecular weight is 228 g/mol. The fourth-order valence-electron chi connectivity index (χ4n) is 2.44. The van der Waals surface area contributed by atoms with Crippen LogP contribution in [0.5, 0.6) is 0 Å². The first kappa shape index (κ1) is 11.8. The van der Waals surface area contributed by atoms with Gasteiger partial charge in [-0.15, -0.1) is 0 Å². The maximum Gasteiger partial charge on any atom is 0.239 e. The summed E-state index contributed by atoms with van der Waals surface area (Å²) in [4.78, 5) is 13.9. The Morgan fingerprint density at radius 1 is 1.44 bits per heavy atom. The molecule has 0 aliphatic carbocycles. The Hall–Kier alpha value is -0.650. The van der Waals surface area contributed by atoms with E-state index in [4.69, 9.17) is 4.74 Å². The number of ether oxygens (including phenoxy) is 1. The van der Waals surface area contributed by atoms with Gasteiger partial charge < -0.3 is 20.1 Å². The highest BCUT2D eigenvalue weighted by Gasteiger charge is 2.32. The molecule has 5 nitrogen and oxygen atoms in total. The molecule has 0 spiro atoms. The standard InChI is InChI=1S/C11H20N2O3/c1-16-9-2-4-13(5-3-9)11(15)10-6-8(14)7-12-10/h8-10,12,14H,2-7H2,1H3. The zero-order chi connectivity index (χ0) is 11.5. The quantitative estimate of drug-likeness (QED) is 0.659. The molecule has 92 valence electrons. The molecule has 0 aromatic carbocycles. The second-order valence-electron chi connectivity index (χ2n) is 4.61. The molecule has 2 aliphatic heterocycles. The molecule has 2 unspecified atom stereocenters. The van der Waals surface area contributed by atoms with Crippen molar-refractivity contribution >= 4 is 5.91 Å². The number of aliphatic hydroxyl groups excluding tert-OH is 1. The van der Waals surface area contributed by atoms with Gasteiger partial charge in [0.15, 0.2) is 0 Å². The molecule has 0 radical (unpaired) electrons. The highest BCUT2D eigenvalue weighted by molar-refractivity contribution is 5.82. The number of aliphatic hydroxyl groups is 1. The highest BCUT2D eigenvalue weighted by atomic mass is 16.5. The SMILES string of the molecule is COC1CCN(C(=O)C2CC(O)CN2)CC1. The Labute approximate surface area is 95.8 Å². The zero-order valence-corrected chi connectivity index (χ0v) is 9.69. The fourth-order valence-corrected chi connectivity index (χ4v) is 2.44. The van der Waals surface area contributed by atoms with E-state index in [0.29, 0.717) is 19.1 Å². The number of nitrogens with zero attached hydrogens (tertiary/aromatic N) is 1. The van der Waals surface area contributed by atoms with Crippen LogP contribution >= 0.6 is 0 Å². The summed E-state index contributed by atoms with van der Waals surface area (Å²) >= 11 is 0. The van der Waals surface area contributed by atoms with Gasteiger partial charge >= 0.3 is 0 Å². The van der Waals surface area contributed by atoms with E-state index < -0.39 is 0 Å². The van der Waals surface area contributed by atoms with E-state index in [9.17, 15) is 9.90 Å². The Balaban J connectivity index is 1.82. The minimum Gasteiger partial charge on any atom is -0.392 e. The molecule has 2 saturated heterocycles. The summed E-state index contributed by atoms with van der Waals surface area (Å²) in [6.45, 7) is 2.07. The Kier molecular flexibility index (Phi) is 3.78. The number of rotatable bonds is 2. The van der Waals surface area contributed by atoms with Crippen molar-refractivity contribution in [3.05, 3.63) is 0 Å². The number of amides is 1. The highest BCUT2D eigenvalue weighted by Crippen LogP contribution is 2.16. The van der Waals surface area contributed by atoms with Gasteiger partial charge in [0.25, 0.3) is 0 Å². The predicted molar refractivity (Wildman–Crippen MR) is 59.0 cm³/mol. The van der Waals surface area contributed by atoms with Crippen LogP contribution in [0.15, 0.2) is 0 Å². The zero-order valence-electron chi connectivity index (χ0n) is 9.69. The molecule has 2 atom stereocenters. The minimum absolute atomic E-state index is 0.131. The van der Waals surface area contributed by atoms with E-state index in [2.05, 4.69) is 5.32 Å². The van der Waals surface area contributed by atoms with Crippen LogP contribution in [0.2, 0.25) is 0 Å². The van der Waals surface area contributed by atoms with Crippen molar-refractivity contribution in [1.82, 2.24) is 10.2 Å². The summed E-state index contributed by atoms with van der Waals surface area (Å²) in [5, 5.41) is 12.4. The molecule has 2 rings (SSSR count). The van der Waals surface area contributed by atoms with Crippen molar-refractivity contribution in [1.29, 1.82) is 0 Å². The lowest BCUT2D eigenvalue weighted by molar-refractivity contribution is -0.135. The Morgan fingerprint density at radius 3 is 2.62 bits per heavy atom. The van der Waals surface area contributed by atoms with Crippen LogP contribution in [0.3, 0.4) is 0 Å². The lowest BCUT2D eigenvalue weighted by atomic mass is 10.1. The first-order valence-corrected chi connectivity index (χ1v) is 5.93. The molecule has 0 aromatic rings. The number of carbonyl (C=O) groups excluding carboxylic acids is 1. The van der Waals surface area contributed by atoms with Crippen molar-refractivity contribution in [2.24, 2.45) is 0 Å². The molecule has 2 fully saturated rings. The summed E-state index contributed by atoms with van der Waals surface area (Å²) in [6, 6.07) is -0.186. The lowest BCUT2D eigenvalue weighted by Crippen LogP contribution is -2.48. The van der Waals surface area contributed by atoms with Gasteiger partial charge in [-0.3, -0.25) is 4.79 Å². The van der Waals surface area contributed by atoms with Crippen molar-refractivity contribution in [3.8, 4) is 0 Å². The number of likely N-dealkylation sites (tertiary alicyclic amines) is 1. The van der Waals surface area contributed by atoms with Gasteiger partial charge in [-0.25, -0.2) is 0 Å². The van der Waals surface area contributed by atoms with E-state index in [-0.39, 0.29) is 18.1 Å². The van der Waals surface area contributed by atoms with Gasteiger partial charge in [0.2, 0.25) is 5.91 Å². The normalized spacial score (nSPS) is 32.0. The number of nitrogens with one attached hydrogen (secondary N) is 1. The molecule has 2 aliphatic rings. The Bertz CT molecular complexity index is 252. The summed E-state index contributed by atoms with van der Waals surface area (Å²) in [6.07, 6.45) is 2.30. The van der Waals surface area contributed by atoms with Crippen molar-refractivity contribution in [2.75, 3.05) is 26.7 Å². The van der Waals surface area contributed by atoms with Crippen LogP contribution in [-0.4, -0.2) is 60.9 Å². The fraction of sp³-hybridized carbons (Fsp3) is 0.909. The molecule has 0 saturated carbocycles. The van der Waals surface area contributed by atoms with Crippen LogP contribution in [0.1, 0.15) is 19.3 Å². The van der Waals surface area contributed by atoms with Crippen LogP contribution < -0.4 is 5.32 Å². The maximum absolute atomic E-state index is 12.1. The summed E-state index contributed by atoms with van der Waals surface area (Å²) in [5.41, 5.74) is 0. The lowest BCUT2D eigenvalue weighted by Gasteiger charge is -2.32. The monoisotopic (exact) mass is 228 g/mol. The van der Waals surface area contributed by atoms with Gasteiger partial charge in [0, 0.05) is 26.7 Å². The van der Waals surface area contributed by atoms with Gasteiger partial charge in [-0.2, -0.15) is 0 Å². The van der Waals surface area contributed by atoms with Crippen molar-refractivity contribution in [2.45, 2.75) is 37.5 Å². The van der Waals surface area contributed by atoms with E-state index in [1.54, 1.807) is 7.11 Å². The second-order valence-corrected chi connectivity index (χ2v) is 4.61. The van der Waals surface area contributed by atoms with Crippen molar-refractivity contribution in [3.63, 3.8) is 0 Å². The maximum atomic E-state index is 12.1. The summed E-state index contributed by atoms with van der Waals surface area (Å²) in [7, 11) is 1.72. The number of β-amino-alcohol motifs (C(OH)–C–C–N with tert-alkyl or cyclic N) is 1.